The molecular weight excluding hydrogens is 464 g/mol. The number of nitrogens with one attached hydrogen (secondary N) is 1. The van der Waals surface area contributed by atoms with Crippen LogP contribution in [0.2, 0.25) is 5.02 Å². The maximum absolute atomic E-state index is 13.8. The van der Waals surface area contributed by atoms with Crippen molar-refractivity contribution in [2.24, 2.45) is 5.92 Å². The van der Waals surface area contributed by atoms with Gasteiger partial charge in [-0.15, -0.1) is 5.10 Å². The third-order valence-electron chi connectivity index (χ3n) is 5.61. The van der Waals surface area contributed by atoms with Crippen LogP contribution in [0.25, 0.3) is 11.0 Å². The molecule has 0 radical (unpaired) electrons. The molecule has 0 spiro atoms. The molecule has 1 N–H and O–H groups in total. The van der Waals surface area contributed by atoms with E-state index in [2.05, 4.69) is 34.5 Å². The van der Waals surface area contributed by atoms with Gasteiger partial charge in [0.2, 0.25) is 11.8 Å². The van der Waals surface area contributed by atoms with Crippen LogP contribution >= 0.6 is 11.6 Å². The number of fused-ring (bicyclic) bond motifs is 1. The molecule has 2 amide bonds. The Labute approximate surface area is 208 Å². The molecule has 35 heavy (non-hydrogen) atoms. The van der Waals surface area contributed by atoms with Gasteiger partial charge in [0.25, 0.3) is 0 Å². The summed E-state index contributed by atoms with van der Waals surface area (Å²) in [5.41, 5.74) is 2.56. The second-order valence-electron chi connectivity index (χ2n) is 8.64. The summed E-state index contributed by atoms with van der Waals surface area (Å²) in [6.45, 7) is 4.59. The zero-order valence-electron chi connectivity index (χ0n) is 19.6. The number of nitrogens with zero attached hydrogens (tertiary/aromatic N) is 5. The Morgan fingerprint density at radius 3 is 2.54 bits per heavy atom. The Balaban J connectivity index is 1.73. The molecule has 8 nitrogen and oxygen atoms in total. The van der Waals surface area contributed by atoms with Gasteiger partial charge in [-0.1, -0.05) is 48.9 Å². The summed E-state index contributed by atoms with van der Waals surface area (Å²) in [6, 6.07) is 16.9. The lowest BCUT2D eigenvalue weighted by molar-refractivity contribution is -0.127. The summed E-state index contributed by atoms with van der Waals surface area (Å²) < 4.78 is 1.54. The van der Waals surface area contributed by atoms with E-state index in [1.54, 1.807) is 48.8 Å². The number of anilines is 1. The van der Waals surface area contributed by atoms with Crippen molar-refractivity contribution in [3.05, 3.63) is 83.6 Å². The third-order valence-corrected chi connectivity index (χ3v) is 5.86. The third kappa shape index (κ3) is 5.84. The molecule has 2 aromatic carbocycles. The average molecular weight is 491 g/mol. The quantitative estimate of drug-likeness (QED) is 0.375. The molecule has 9 heteroatoms. The summed E-state index contributed by atoms with van der Waals surface area (Å²) in [7, 11) is 0. The van der Waals surface area contributed by atoms with Crippen LogP contribution in [0.15, 0.2) is 73.1 Å². The van der Waals surface area contributed by atoms with Gasteiger partial charge in [-0.2, -0.15) is 0 Å². The van der Waals surface area contributed by atoms with Gasteiger partial charge in [0, 0.05) is 35.2 Å². The second-order valence-corrected chi connectivity index (χ2v) is 9.07. The predicted octanol–water partition coefficient (Wildman–Crippen LogP) is 4.42. The van der Waals surface area contributed by atoms with E-state index in [0.29, 0.717) is 34.3 Å². The van der Waals surface area contributed by atoms with Crippen LogP contribution in [0.5, 0.6) is 0 Å². The molecule has 2 aromatic heterocycles. The molecule has 0 saturated carbocycles. The fourth-order valence-corrected chi connectivity index (χ4v) is 3.94. The van der Waals surface area contributed by atoms with E-state index in [-0.39, 0.29) is 18.4 Å². The largest absolute Gasteiger partial charge is 0.354 e. The highest BCUT2D eigenvalue weighted by Gasteiger charge is 2.33. The Bertz CT molecular complexity index is 1290. The fourth-order valence-electron chi connectivity index (χ4n) is 3.81. The van der Waals surface area contributed by atoms with Gasteiger partial charge in [-0.05, 0) is 54.8 Å². The minimum absolute atomic E-state index is 0.0980. The molecule has 0 saturated heterocycles. The highest BCUT2D eigenvalue weighted by Crippen LogP contribution is 2.29. The number of benzene rings is 2. The zero-order valence-corrected chi connectivity index (χ0v) is 20.4. The molecular formula is C26H27ClN6O2. The van der Waals surface area contributed by atoms with Crippen LogP contribution in [-0.4, -0.2) is 38.3 Å². The molecule has 4 aromatic rings. The zero-order chi connectivity index (χ0) is 24.8. The van der Waals surface area contributed by atoms with Gasteiger partial charge in [-0.3, -0.25) is 19.5 Å². The van der Waals surface area contributed by atoms with Gasteiger partial charge in [0.15, 0.2) is 0 Å². The second kappa shape index (κ2) is 11.1. The Hall–Kier alpha value is -3.78. The molecule has 0 aliphatic rings. The number of para-hydroxylation sites is 1. The van der Waals surface area contributed by atoms with Crippen LogP contribution in [0.1, 0.15) is 31.9 Å². The first kappa shape index (κ1) is 24.3. The molecule has 0 unspecified atom stereocenters. The number of hydrogen-bond donors (Lipinski definition) is 1. The van der Waals surface area contributed by atoms with Crippen LogP contribution < -0.4 is 10.2 Å². The van der Waals surface area contributed by atoms with Crippen LogP contribution in [0.3, 0.4) is 0 Å². The van der Waals surface area contributed by atoms with E-state index in [1.165, 1.54) is 9.58 Å². The number of halogens is 1. The van der Waals surface area contributed by atoms with Gasteiger partial charge in [0.05, 0.1) is 5.52 Å². The van der Waals surface area contributed by atoms with Gasteiger partial charge < -0.3 is 5.32 Å². The van der Waals surface area contributed by atoms with Crippen molar-refractivity contribution >= 4 is 40.1 Å². The first-order valence-electron chi connectivity index (χ1n) is 11.5. The normalized spacial score (nSPS) is 12.0. The summed E-state index contributed by atoms with van der Waals surface area (Å²) in [5.74, 6) is -0.178. The van der Waals surface area contributed by atoms with Crippen molar-refractivity contribution < 1.29 is 9.59 Å². The molecule has 4 rings (SSSR count). The van der Waals surface area contributed by atoms with Crippen molar-refractivity contribution in [2.45, 2.75) is 32.9 Å². The molecule has 1 atom stereocenters. The maximum Gasteiger partial charge on any atom is 0.249 e. The molecule has 0 aliphatic heterocycles. The number of hydrogen-bond acceptors (Lipinski definition) is 5. The van der Waals surface area contributed by atoms with E-state index in [4.69, 9.17) is 11.6 Å². The van der Waals surface area contributed by atoms with Crippen LogP contribution in [0.4, 0.5) is 5.69 Å². The van der Waals surface area contributed by atoms with Crippen molar-refractivity contribution in [2.75, 3.05) is 11.4 Å². The smallest absolute Gasteiger partial charge is 0.249 e. The topological polar surface area (TPSA) is 93.0 Å². The predicted molar refractivity (Wildman–Crippen MR) is 136 cm³/mol. The van der Waals surface area contributed by atoms with Crippen molar-refractivity contribution in [3.63, 3.8) is 0 Å². The van der Waals surface area contributed by atoms with Crippen molar-refractivity contribution in [3.8, 4) is 0 Å². The lowest BCUT2D eigenvalue weighted by atomic mass is 10.0. The van der Waals surface area contributed by atoms with Crippen molar-refractivity contribution in [1.82, 2.24) is 25.3 Å². The van der Waals surface area contributed by atoms with E-state index >= 15 is 0 Å². The Morgan fingerprint density at radius 2 is 1.83 bits per heavy atom. The van der Waals surface area contributed by atoms with E-state index in [1.807, 2.05) is 24.3 Å². The van der Waals surface area contributed by atoms with Gasteiger partial charge in [0.1, 0.15) is 18.1 Å². The van der Waals surface area contributed by atoms with Crippen molar-refractivity contribution in [1.29, 1.82) is 0 Å². The highest BCUT2D eigenvalue weighted by molar-refractivity contribution is 6.30. The molecule has 180 valence electrons. The first-order chi connectivity index (χ1) is 16.9. The first-order valence-corrected chi connectivity index (χ1v) is 11.9. The minimum atomic E-state index is -0.931. The maximum atomic E-state index is 13.8. The van der Waals surface area contributed by atoms with Crippen LogP contribution in [0, 0.1) is 5.92 Å². The molecule has 0 bridgehead atoms. The number of aromatic nitrogens is 4. The Kier molecular flexibility index (Phi) is 7.72. The summed E-state index contributed by atoms with van der Waals surface area (Å²) in [6.07, 6.45) is 4.06. The molecule has 0 fully saturated rings. The van der Waals surface area contributed by atoms with E-state index in [0.717, 1.165) is 11.9 Å². The van der Waals surface area contributed by atoms with Gasteiger partial charge >= 0.3 is 0 Å². The van der Waals surface area contributed by atoms with E-state index in [9.17, 15) is 9.59 Å². The number of pyridine rings is 1. The van der Waals surface area contributed by atoms with Crippen LogP contribution in [-0.2, 0) is 16.1 Å². The fraction of sp³-hybridized carbons (Fsp3) is 0.269. The lowest BCUT2D eigenvalue weighted by Gasteiger charge is -2.31. The summed E-state index contributed by atoms with van der Waals surface area (Å²) >= 11 is 6.12. The minimum Gasteiger partial charge on any atom is -0.354 e. The lowest BCUT2D eigenvalue weighted by Crippen LogP contribution is -2.45. The molecule has 2 heterocycles. The average Bonchev–Trinajstić information content (AvgIpc) is 3.26. The number of amides is 2. The molecule has 0 aliphatic carbocycles. The Morgan fingerprint density at radius 1 is 1.06 bits per heavy atom. The number of rotatable bonds is 9. The van der Waals surface area contributed by atoms with Gasteiger partial charge in [-0.25, -0.2) is 4.68 Å². The standard InChI is InChI=1S/C26H27ClN6O2/c1-18(2)13-15-29-26(35)25(19-6-5-14-28-16-19)33(21-11-9-20(27)10-12-21)24(34)17-32-23-8-4-3-7-22(23)30-31-32/h3-12,14,16,18,25H,13,15,17H2,1-2H3,(H,29,35)/t25-/m1/s1. The number of carbonyl (C=O) groups excluding carboxylic acids is 2. The summed E-state index contributed by atoms with van der Waals surface area (Å²) in [4.78, 5) is 33.1. The SMILES string of the molecule is CC(C)CCNC(=O)[C@@H](c1cccnc1)N(C(=O)Cn1nnc2ccccc21)c1ccc(Cl)cc1. The summed E-state index contributed by atoms with van der Waals surface area (Å²) in [5, 5.41) is 11.8. The monoisotopic (exact) mass is 490 g/mol. The highest BCUT2D eigenvalue weighted by atomic mass is 35.5. The van der Waals surface area contributed by atoms with E-state index < -0.39 is 6.04 Å². The number of carbonyl (C=O) groups is 2.